The van der Waals surface area contributed by atoms with Gasteiger partial charge in [0, 0.05) is 25.1 Å². The van der Waals surface area contributed by atoms with Gasteiger partial charge >= 0.3 is 18.0 Å². The Morgan fingerprint density at radius 1 is 1.00 bits per heavy atom. The summed E-state index contributed by atoms with van der Waals surface area (Å²) in [7, 11) is 1.81. The van der Waals surface area contributed by atoms with E-state index in [0.717, 1.165) is 56.9 Å². The molecule has 4 fully saturated rings. The van der Waals surface area contributed by atoms with Crippen molar-refractivity contribution in [3.63, 3.8) is 0 Å². The van der Waals surface area contributed by atoms with Crippen molar-refractivity contribution in [2.45, 2.75) is 138 Å². The Labute approximate surface area is 297 Å². The molecule has 8 atom stereocenters. The lowest BCUT2D eigenvalue weighted by Gasteiger charge is -2.72. The maximum Gasteiger partial charge on any atom is 0.320 e. The second-order valence-corrected chi connectivity index (χ2v) is 19.0. The molecule has 2 amide bonds. The summed E-state index contributed by atoms with van der Waals surface area (Å²) in [6.45, 7) is 19.4. The van der Waals surface area contributed by atoms with Crippen molar-refractivity contribution in [3.05, 3.63) is 23.5 Å². The molecule has 5 aliphatic carbocycles. The van der Waals surface area contributed by atoms with E-state index in [1.54, 1.807) is 30.9 Å². The molecule has 1 aromatic rings. The van der Waals surface area contributed by atoms with Crippen molar-refractivity contribution in [1.29, 1.82) is 0 Å². The molecule has 3 N–H and O–H groups in total. The van der Waals surface area contributed by atoms with Crippen LogP contribution in [0, 0.1) is 50.7 Å². The number of carbonyl (C=O) groups excluding carboxylic acids is 3. The maximum atomic E-state index is 13.9. The Morgan fingerprint density at radius 3 is 2.32 bits per heavy atom. The van der Waals surface area contributed by atoms with E-state index in [-0.39, 0.29) is 57.8 Å². The number of hydrogen-bond donors (Lipinski definition) is 3. The number of Topliss-reactive ketones (excluding diaryl/α,β-unsaturated/α-hetero) is 1. The number of nitrogens with one attached hydrogen (secondary N) is 2. The van der Waals surface area contributed by atoms with Crippen LogP contribution < -0.4 is 10.6 Å². The number of esters is 1. The van der Waals surface area contributed by atoms with Crippen LogP contribution in [-0.2, 0) is 26.2 Å². The Kier molecular flexibility index (Phi) is 8.74. The third kappa shape index (κ3) is 5.44. The molecule has 10 heteroatoms. The van der Waals surface area contributed by atoms with E-state index in [1.165, 1.54) is 5.57 Å². The minimum absolute atomic E-state index is 0.0249. The first-order chi connectivity index (χ1) is 23.1. The van der Waals surface area contributed by atoms with Gasteiger partial charge in [0.25, 0.3) is 0 Å². The second-order valence-electron chi connectivity index (χ2n) is 19.0. The number of anilines is 1. The van der Waals surface area contributed by atoms with Gasteiger partial charge in [-0.3, -0.25) is 19.1 Å². The van der Waals surface area contributed by atoms with E-state index in [4.69, 9.17) is 4.74 Å². The summed E-state index contributed by atoms with van der Waals surface area (Å²) in [5, 5.41) is 20.1. The average molecular weight is 693 g/mol. The molecular formula is C40H60N4O6. The number of allylic oxidation sites excluding steroid dienone is 1. The van der Waals surface area contributed by atoms with Gasteiger partial charge in [0.1, 0.15) is 6.10 Å². The van der Waals surface area contributed by atoms with Crippen molar-refractivity contribution in [1.82, 2.24) is 15.1 Å². The SMILES string of the molecule is CC(C)C1=C2[C@H]3CC[C@@H]4[C@@]5(C)CC[C@H](OC(=O)CC(C)(C)C(=O)O)C(C)(C)C5CC[C@@]4(C)[C@]3(C)CC[C@@]2(NC(=O)Nc2cnn(C)c2)CC1=O. The first-order valence-electron chi connectivity index (χ1n) is 18.9. The highest BCUT2D eigenvalue weighted by Gasteiger charge is 2.70. The van der Waals surface area contributed by atoms with E-state index in [2.05, 4.69) is 64.2 Å². The zero-order valence-corrected chi connectivity index (χ0v) is 32.0. The summed E-state index contributed by atoms with van der Waals surface area (Å²) in [6.07, 6.45) is 10.8. The molecule has 1 aromatic heterocycles. The largest absolute Gasteiger partial charge is 0.481 e. The highest BCUT2D eigenvalue weighted by Crippen LogP contribution is 2.76. The summed E-state index contributed by atoms with van der Waals surface area (Å²) in [5.41, 5.74) is 0.655. The third-order valence-corrected chi connectivity index (χ3v) is 15.1. The first kappa shape index (κ1) is 36.6. The standard InChI is InChI=1S/C40H60N4O6/c1-23(2)31-26(45)19-40(43-34(49)42-24-21-41-44(10)22-24)18-17-38(8)25(32(31)40)11-12-28-37(7)15-14-29(50-30(46)20-35(3,4)33(47)48)36(5,6)27(37)13-16-39(28,38)9/h21-23,25,27-29H,11-20H2,1-10H3,(H,47,48)(H2,42,43,49)/t25-,27?,28-,29+,37+,38-,39-,40-/m1/s1. The van der Waals surface area contributed by atoms with Crippen molar-refractivity contribution < 1.29 is 29.0 Å². The fourth-order valence-electron chi connectivity index (χ4n) is 12.4. The van der Waals surface area contributed by atoms with Crippen LogP contribution in [0.25, 0.3) is 0 Å². The molecule has 0 aliphatic heterocycles. The van der Waals surface area contributed by atoms with Gasteiger partial charge < -0.3 is 20.5 Å². The topological polar surface area (TPSA) is 140 Å². The van der Waals surface area contributed by atoms with Gasteiger partial charge in [0.05, 0.1) is 29.3 Å². The van der Waals surface area contributed by atoms with Crippen LogP contribution in [-0.4, -0.2) is 50.3 Å². The number of aliphatic carboxylic acids is 1. The molecule has 0 spiro atoms. The second kappa shape index (κ2) is 11.9. The number of fused-ring (bicyclic) bond motifs is 7. The van der Waals surface area contributed by atoms with Crippen molar-refractivity contribution in [2.75, 3.05) is 5.32 Å². The van der Waals surface area contributed by atoms with E-state index in [0.29, 0.717) is 23.9 Å². The van der Waals surface area contributed by atoms with Crippen LogP contribution in [0.4, 0.5) is 10.5 Å². The highest BCUT2D eigenvalue weighted by molar-refractivity contribution is 6.03. The van der Waals surface area contributed by atoms with Gasteiger partial charge in [-0.25, -0.2) is 4.79 Å². The molecule has 0 saturated heterocycles. The number of carboxylic acids is 1. The molecule has 276 valence electrons. The van der Waals surface area contributed by atoms with Crippen LogP contribution >= 0.6 is 0 Å². The predicted molar refractivity (Wildman–Crippen MR) is 191 cm³/mol. The fourth-order valence-corrected chi connectivity index (χ4v) is 12.4. The normalized spacial score (nSPS) is 37.7. The van der Waals surface area contributed by atoms with Gasteiger partial charge in [-0.05, 0) is 116 Å². The molecule has 0 radical (unpaired) electrons. The molecule has 0 bridgehead atoms. The number of carbonyl (C=O) groups is 4. The number of aromatic nitrogens is 2. The van der Waals surface area contributed by atoms with E-state index >= 15 is 0 Å². The Hall–Kier alpha value is -3.17. The zero-order chi connectivity index (χ0) is 36.8. The van der Waals surface area contributed by atoms with Crippen molar-refractivity contribution in [2.24, 2.45) is 57.8 Å². The molecule has 50 heavy (non-hydrogen) atoms. The van der Waals surface area contributed by atoms with Gasteiger partial charge in [-0.15, -0.1) is 0 Å². The third-order valence-electron chi connectivity index (χ3n) is 15.1. The molecule has 4 saturated carbocycles. The lowest BCUT2D eigenvalue weighted by atomic mass is 9.33. The molecule has 1 unspecified atom stereocenters. The molecule has 6 rings (SSSR count). The number of amides is 2. The van der Waals surface area contributed by atoms with E-state index in [9.17, 15) is 24.3 Å². The summed E-state index contributed by atoms with van der Waals surface area (Å²) in [5.74, 6) is -0.168. The minimum atomic E-state index is -1.17. The summed E-state index contributed by atoms with van der Waals surface area (Å²) in [4.78, 5) is 52.2. The Morgan fingerprint density at radius 2 is 1.70 bits per heavy atom. The Balaban J connectivity index is 1.28. The molecule has 1 heterocycles. The number of ether oxygens (including phenoxy) is 1. The number of ketones is 1. The fraction of sp³-hybridized carbons (Fsp3) is 0.775. The quantitative estimate of drug-likeness (QED) is 0.249. The van der Waals surface area contributed by atoms with Crippen LogP contribution in [0.1, 0.15) is 127 Å². The van der Waals surface area contributed by atoms with Crippen LogP contribution in [0.15, 0.2) is 23.5 Å². The van der Waals surface area contributed by atoms with Gasteiger partial charge in [0.2, 0.25) is 0 Å². The lowest BCUT2D eigenvalue weighted by molar-refractivity contribution is -0.232. The molecular weight excluding hydrogens is 632 g/mol. The summed E-state index contributed by atoms with van der Waals surface area (Å²) >= 11 is 0. The van der Waals surface area contributed by atoms with Crippen molar-refractivity contribution >= 4 is 29.4 Å². The maximum absolute atomic E-state index is 13.9. The zero-order valence-electron chi connectivity index (χ0n) is 32.0. The minimum Gasteiger partial charge on any atom is -0.481 e. The van der Waals surface area contributed by atoms with Crippen LogP contribution in [0.3, 0.4) is 0 Å². The van der Waals surface area contributed by atoms with Gasteiger partial charge in [0.15, 0.2) is 5.78 Å². The summed E-state index contributed by atoms with van der Waals surface area (Å²) in [6, 6.07) is -0.295. The first-order valence-corrected chi connectivity index (χ1v) is 18.9. The number of carboxylic acid groups (broad SMARTS) is 1. The number of hydrogen-bond acceptors (Lipinski definition) is 6. The van der Waals surface area contributed by atoms with Crippen LogP contribution in [0.2, 0.25) is 0 Å². The highest BCUT2D eigenvalue weighted by atomic mass is 16.5. The van der Waals surface area contributed by atoms with Crippen LogP contribution in [0.5, 0.6) is 0 Å². The van der Waals surface area contributed by atoms with E-state index < -0.39 is 22.9 Å². The summed E-state index contributed by atoms with van der Waals surface area (Å²) < 4.78 is 7.79. The Bertz CT molecular complexity index is 1620. The predicted octanol–water partition coefficient (Wildman–Crippen LogP) is 7.69. The van der Waals surface area contributed by atoms with Crippen molar-refractivity contribution in [3.8, 4) is 0 Å². The average Bonchev–Trinajstić information content (AvgIpc) is 3.53. The van der Waals surface area contributed by atoms with E-state index in [1.807, 2.05) is 7.05 Å². The number of aryl methyl sites for hydroxylation is 1. The van der Waals surface area contributed by atoms with Gasteiger partial charge in [-0.2, -0.15) is 5.10 Å². The number of urea groups is 1. The number of nitrogens with zero attached hydrogens (tertiary/aromatic N) is 2. The molecule has 10 nitrogen and oxygen atoms in total. The molecule has 0 aromatic carbocycles. The lowest BCUT2D eigenvalue weighted by Crippen LogP contribution is -2.67. The van der Waals surface area contributed by atoms with Gasteiger partial charge in [-0.1, -0.05) is 48.5 Å². The smallest absolute Gasteiger partial charge is 0.320 e. The number of rotatable bonds is 7. The molecule has 5 aliphatic rings. The monoisotopic (exact) mass is 692 g/mol.